The Morgan fingerprint density at radius 1 is 1.31 bits per heavy atom. The van der Waals surface area contributed by atoms with Crippen molar-refractivity contribution in [2.24, 2.45) is 12.0 Å². The van der Waals surface area contributed by atoms with Crippen LogP contribution in [0.2, 0.25) is 0 Å². The molecule has 0 bridgehead atoms. The Morgan fingerprint density at radius 3 is 2.77 bits per heavy atom. The molecule has 0 unspecified atom stereocenters. The Bertz CT molecular complexity index is 777. The van der Waals surface area contributed by atoms with Crippen molar-refractivity contribution in [3.63, 3.8) is 0 Å². The van der Waals surface area contributed by atoms with Crippen LogP contribution in [0.3, 0.4) is 0 Å². The van der Waals surface area contributed by atoms with Crippen LogP contribution in [0.25, 0.3) is 0 Å². The van der Waals surface area contributed by atoms with E-state index in [0.717, 1.165) is 41.2 Å². The van der Waals surface area contributed by atoms with Crippen LogP contribution in [0, 0.1) is 6.92 Å². The molecule has 0 radical (unpaired) electrons. The van der Waals surface area contributed by atoms with Crippen molar-refractivity contribution >= 4 is 29.9 Å². The van der Waals surface area contributed by atoms with Gasteiger partial charge in [0.25, 0.3) is 0 Å². The number of guanidine groups is 1. The highest BCUT2D eigenvalue weighted by Crippen LogP contribution is 2.32. The maximum absolute atomic E-state index is 5.44. The lowest BCUT2D eigenvalue weighted by atomic mass is 10.2. The molecule has 1 aliphatic heterocycles. The van der Waals surface area contributed by atoms with E-state index < -0.39 is 0 Å². The molecule has 0 saturated heterocycles. The number of aliphatic imine (C=N–C) groups is 1. The summed E-state index contributed by atoms with van der Waals surface area (Å²) in [7, 11) is 3.96. The Morgan fingerprint density at radius 2 is 2.08 bits per heavy atom. The summed E-state index contributed by atoms with van der Waals surface area (Å²) in [5, 5.41) is 11.5. The number of hydrogen-bond donors (Lipinski definition) is 1. The smallest absolute Gasteiger partial charge is 0.231 e. The topological polar surface area (TPSA) is 76.8 Å². The molecule has 9 heteroatoms. The second-order valence-corrected chi connectivity index (χ2v) is 5.94. The van der Waals surface area contributed by atoms with Gasteiger partial charge in [0.05, 0.1) is 0 Å². The average molecular weight is 472 g/mol. The minimum absolute atomic E-state index is 0. The highest BCUT2D eigenvalue weighted by molar-refractivity contribution is 14.0. The third-order valence-electron chi connectivity index (χ3n) is 4.11. The van der Waals surface area contributed by atoms with Crippen LogP contribution in [0.15, 0.2) is 23.2 Å². The molecule has 3 rings (SSSR count). The summed E-state index contributed by atoms with van der Waals surface area (Å²) < 4.78 is 12.8. The number of hydrogen-bond acceptors (Lipinski definition) is 5. The molecule has 1 aliphatic rings. The van der Waals surface area contributed by atoms with E-state index in [-0.39, 0.29) is 30.8 Å². The number of fused-ring (bicyclic) bond motifs is 1. The van der Waals surface area contributed by atoms with Gasteiger partial charge in [-0.25, -0.2) is 4.99 Å². The average Bonchev–Trinajstić information content (AvgIpc) is 3.19. The molecule has 1 aromatic heterocycles. The number of ether oxygens (including phenoxy) is 2. The monoisotopic (exact) mass is 472 g/mol. The first-order valence-corrected chi connectivity index (χ1v) is 8.31. The van der Waals surface area contributed by atoms with Gasteiger partial charge in [-0.3, -0.25) is 0 Å². The number of aryl methyl sites for hydroxylation is 1. The highest BCUT2D eigenvalue weighted by Gasteiger charge is 2.15. The van der Waals surface area contributed by atoms with Gasteiger partial charge in [0.15, 0.2) is 23.3 Å². The molecule has 8 nitrogen and oxygen atoms in total. The summed E-state index contributed by atoms with van der Waals surface area (Å²) in [5.41, 5.74) is 1.13. The molecular formula is C17H25IN6O2. The Hall–Kier alpha value is -2.04. The number of nitrogens with one attached hydrogen (secondary N) is 1. The van der Waals surface area contributed by atoms with Crippen molar-refractivity contribution in [1.82, 2.24) is 25.0 Å². The standard InChI is InChI=1S/C17H24N6O2.HI/c1-5-18-17(19-9-16-21-20-12(2)23(16)4)22(3)10-13-6-7-14-15(8-13)25-11-24-14;/h6-8H,5,9-11H2,1-4H3,(H,18,19);1H. The van der Waals surface area contributed by atoms with Gasteiger partial charge in [-0.2, -0.15) is 0 Å². The van der Waals surface area contributed by atoms with Gasteiger partial charge in [-0.1, -0.05) is 6.07 Å². The zero-order valence-electron chi connectivity index (χ0n) is 15.5. The molecule has 1 N–H and O–H groups in total. The van der Waals surface area contributed by atoms with E-state index >= 15 is 0 Å². The van der Waals surface area contributed by atoms with Gasteiger partial charge in [0.2, 0.25) is 6.79 Å². The third-order valence-corrected chi connectivity index (χ3v) is 4.11. The van der Waals surface area contributed by atoms with E-state index in [0.29, 0.717) is 13.1 Å². The van der Waals surface area contributed by atoms with Crippen molar-refractivity contribution in [3.05, 3.63) is 35.4 Å². The van der Waals surface area contributed by atoms with Crippen LogP contribution >= 0.6 is 24.0 Å². The molecule has 0 saturated carbocycles. The molecule has 0 aliphatic carbocycles. The van der Waals surface area contributed by atoms with E-state index in [2.05, 4.69) is 32.3 Å². The van der Waals surface area contributed by atoms with Crippen LogP contribution in [0.5, 0.6) is 11.5 Å². The SMILES string of the molecule is CCNC(=NCc1nnc(C)n1C)N(C)Cc1ccc2c(c1)OCO2.I. The van der Waals surface area contributed by atoms with Gasteiger partial charge in [0, 0.05) is 27.2 Å². The van der Waals surface area contributed by atoms with Gasteiger partial charge >= 0.3 is 0 Å². The number of benzene rings is 1. The first-order chi connectivity index (χ1) is 12.1. The Kier molecular flexibility index (Phi) is 7.06. The predicted molar refractivity (Wildman–Crippen MR) is 110 cm³/mol. The highest BCUT2D eigenvalue weighted by atomic mass is 127. The molecule has 1 aromatic carbocycles. The predicted octanol–water partition coefficient (Wildman–Crippen LogP) is 2.07. The number of nitrogens with zero attached hydrogens (tertiary/aromatic N) is 5. The lowest BCUT2D eigenvalue weighted by Gasteiger charge is -2.22. The molecular weight excluding hydrogens is 447 g/mol. The maximum Gasteiger partial charge on any atom is 0.231 e. The van der Waals surface area contributed by atoms with E-state index in [1.165, 1.54) is 0 Å². The lowest BCUT2D eigenvalue weighted by Crippen LogP contribution is -2.38. The van der Waals surface area contributed by atoms with Crippen LogP contribution in [0.1, 0.15) is 24.1 Å². The van der Waals surface area contributed by atoms with Crippen LogP contribution in [-0.2, 0) is 20.1 Å². The second-order valence-electron chi connectivity index (χ2n) is 5.94. The fourth-order valence-electron chi connectivity index (χ4n) is 2.59. The minimum Gasteiger partial charge on any atom is -0.454 e. The number of rotatable bonds is 5. The van der Waals surface area contributed by atoms with Crippen LogP contribution in [0.4, 0.5) is 0 Å². The quantitative estimate of drug-likeness (QED) is 0.408. The van der Waals surface area contributed by atoms with Gasteiger partial charge in [-0.05, 0) is 31.5 Å². The third kappa shape index (κ3) is 4.57. The van der Waals surface area contributed by atoms with Crippen LogP contribution < -0.4 is 14.8 Å². The summed E-state index contributed by atoms with van der Waals surface area (Å²) in [5.74, 6) is 4.13. The van der Waals surface area contributed by atoms with E-state index in [4.69, 9.17) is 9.47 Å². The zero-order valence-corrected chi connectivity index (χ0v) is 17.9. The molecule has 0 amide bonds. The fourth-order valence-corrected chi connectivity index (χ4v) is 2.59. The van der Waals surface area contributed by atoms with Crippen molar-refractivity contribution in [3.8, 4) is 11.5 Å². The normalized spacial score (nSPS) is 12.7. The van der Waals surface area contributed by atoms with E-state index in [1.54, 1.807) is 0 Å². The number of halogens is 1. The second kappa shape index (κ2) is 9.06. The summed E-state index contributed by atoms with van der Waals surface area (Å²) in [6.45, 7) is 6.25. The lowest BCUT2D eigenvalue weighted by molar-refractivity contribution is 0.174. The summed E-state index contributed by atoms with van der Waals surface area (Å²) in [6.07, 6.45) is 0. The molecule has 142 valence electrons. The molecule has 0 atom stereocenters. The minimum atomic E-state index is 0. The van der Waals surface area contributed by atoms with Crippen molar-refractivity contribution in [1.29, 1.82) is 0 Å². The van der Waals surface area contributed by atoms with Crippen LogP contribution in [-0.4, -0.2) is 46.0 Å². The van der Waals surface area contributed by atoms with Crippen molar-refractivity contribution in [2.45, 2.75) is 26.9 Å². The van der Waals surface area contributed by atoms with Gasteiger partial charge in [-0.15, -0.1) is 34.2 Å². The van der Waals surface area contributed by atoms with Crippen molar-refractivity contribution in [2.75, 3.05) is 20.4 Å². The molecule has 2 aromatic rings. The first-order valence-electron chi connectivity index (χ1n) is 8.31. The molecule has 0 spiro atoms. The number of aromatic nitrogens is 3. The molecule has 2 heterocycles. The summed E-state index contributed by atoms with van der Waals surface area (Å²) in [6, 6.07) is 5.99. The fraction of sp³-hybridized carbons (Fsp3) is 0.471. The summed E-state index contributed by atoms with van der Waals surface area (Å²) >= 11 is 0. The first kappa shape index (κ1) is 20.3. The molecule has 26 heavy (non-hydrogen) atoms. The maximum atomic E-state index is 5.44. The summed E-state index contributed by atoms with van der Waals surface area (Å²) in [4.78, 5) is 6.75. The van der Waals surface area contributed by atoms with Crippen molar-refractivity contribution < 1.29 is 9.47 Å². The van der Waals surface area contributed by atoms with Gasteiger partial charge in [0.1, 0.15) is 12.4 Å². The Balaban J connectivity index is 0.00000243. The zero-order chi connectivity index (χ0) is 17.8. The van der Waals surface area contributed by atoms with E-state index in [1.807, 2.05) is 43.8 Å². The van der Waals surface area contributed by atoms with Gasteiger partial charge < -0.3 is 24.3 Å². The molecule has 0 fully saturated rings. The Labute approximate surface area is 170 Å². The van der Waals surface area contributed by atoms with E-state index in [9.17, 15) is 0 Å². The largest absolute Gasteiger partial charge is 0.454 e.